The van der Waals surface area contributed by atoms with Gasteiger partial charge in [0.05, 0.1) is 29.4 Å². The van der Waals surface area contributed by atoms with Crippen LogP contribution < -0.4 is 5.32 Å². The highest BCUT2D eigenvalue weighted by Crippen LogP contribution is 2.30. The topological polar surface area (TPSA) is 104 Å². The zero-order chi connectivity index (χ0) is 25.9. The number of halogens is 3. The molecule has 186 valence electrons. The second-order valence-corrected chi connectivity index (χ2v) is 8.94. The van der Waals surface area contributed by atoms with Crippen molar-refractivity contribution in [2.75, 3.05) is 0 Å². The minimum atomic E-state index is -0.749. The molecular weight excluding hydrogens is 500 g/mol. The van der Waals surface area contributed by atoms with Gasteiger partial charge < -0.3 is 10.4 Å². The number of fused-ring (bicyclic) bond motifs is 1. The van der Waals surface area contributed by atoms with Crippen molar-refractivity contribution in [2.24, 2.45) is 0 Å². The van der Waals surface area contributed by atoms with Crippen LogP contribution in [-0.2, 0) is 17.6 Å². The van der Waals surface area contributed by atoms with Crippen molar-refractivity contribution in [1.29, 1.82) is 0 Å². The Bertz CT molecular complexity index is 1570. The zero-order valence-electron chi connectivity index (χ0n) is 19.3. The van der Waals surface area contributed by atoms with Crippen LogP contribution in [0.2, 0.25) is 5.02 Å². The van der Waals surface area contributed by atoms with E-state index in [0.717, 1.165) is 11.6 Å². The molecule has 0 aliphatic heterocycles. The largest absolute Gasteiger partial charge is 0.508 e. The van der Waals surface area contributed by atoms with Gasteiger partial charge in [0.2, 0.25) is 5.91 Å². The highest BCUT2D eigenvalue weighted by molar-refractivity contribution is 6.30. The minimum absolute atomic E-state index is 0.0511. The number of carbonyl (C=O) groups excluding carboxylic acids is 1. The number of aromatic amines is 1. The summed E-state index contributed by atoms with van der Waals surface area (Å²) in [4.78, 5) is 21.8. The number of amides is 1. The first-order chi connectivity index (χ1) is 17.9. The fourth-order valence-corrected chi connectivity index (χ4v) is 4.36. The third-order valence-electron chi connectivity index (χ3n) is 5.88. The Morgan fingerprint density at radius 2 is 1.81 bits per heavy atom. The van der Waals surface area contributed by atoms with Crippen molar-refractivity contribution in [3.05, 3.63) is 107 Å². The van der Waals surface area contributed by atoms with E-state index in [9.17, 15) is 18.7 Å². The highest BCUT2D eigenvalue weighted by Gasteiger charge is 2.23. The van der Waals surface area contributed by atoms with Gasteiger partial charge in [-0.15, -0.1) is 0 Å². The SMILES string of the molecule is O=C(Cc1n[nH]c2ccc(O)cc12)N[C@H](Cc1cc(F)cc(F)c1)c1ncncc1-c1ccc(Cl)cc1. The summed E-state index contributed by atoms with van der Waals surface area (Å²) in [6.07, 6.45) is 2.93. The van der Waals surface area contributed by atoms with Gasteiger partial charge in [-0.05, 0) is 60.0 Å². The standard InChI is InChI=1S/C27H20ClF2N5O2/c28-17-3-1-16(2-4-17)22-13-31-14-32-27(22)25(9-15-7-18(29)10-19(30)8-15)33-26(37)12-24-21-11-20(36)5-6-23(21)34-35-24/h1-8,10-11,13-14,25,36H,9,12H2,(H,33,37)(H,34,35)/t25-/m1/s1. The predicted octanol–water partition coefficient (Wildman–Crippen LogP) is 5.30. The number of nitrogens with one attached hydrogen (secondary N) is 2. The molecule has 0 aliphatic rings. The minimum Gasteiger partial charge on any atom is -0.508 e. The van der Waals surface area contributed by atoms with E-state index in [1.165, 1.54) is 30.6 Å². The maximum Gasteiger partial charge on any atom is 0.226 e. The van der Waals surface area contributed by atoms with Crippen LogP contribution in [0.4, 0.5) is 8.78 Å². The number of hydrogen-bond donors (Lipinski definition) is 3. The third-order valence-corrected chi connectivity index (χ3v) is 6.13. The van der Waals surface area contributed by atoms with Gasteiger partial charge in [0.25, 0.3) is 0 Å². The number of aromatic hydroxyl groups is 1. The molecule has 2 heterocycles. The van der Waals surface area contributed by atoms with Gasteiger partial charge in [-0.2, -0.15) is 5.10 Å². The zero-order valence-corrected chi connectivity index (χ0v) is 20.0. The summed E-state index contributed by atoms with van der Waals surface area (Å²) in [5.41, 5.74) is 3.33. The molecular formula is C27H20ClF2N5O2. The first-order valence-corrected chi connectivity index (χ1v) is 11.7. The summed E-state index contributed by atoms with van der Waals surface area (Å²) in [6.45, 7) is 0. The van der Waals surface area contributed by atoms with Gasteiger partial charge in [-0.1, -0.05) is 23.7 Å². The lowest BCUT2D eigenvalue weighted by Crippen LogP contribution is -2.32. The van der Waals surface area contributed by atoms with Crippen LogP contribution in [-0.4, -0.2) is 31.2 Å². The Morgan fingerprint density at radius 3 is 2.57 bits per heavy atom. The Kier molecular flexibility index (Phi) is 6.78. The number of H-pyrrole nitrogens is 1. The molecule has 5 rings (SSSR count). The molecule has 0 bridgehead atoms. The highest BCUT2D eigenvalue weighted by atomic mass is 35.5. The van der Waals surface area contributed by atoms with Crippen LogP contribution in [0.5, 0.6) is 5.75 Å². The Morgan fingerprint density at radius 1 is 1.05 bits per heavy atom. The quantitative estimate of drug-likeness (QED) is 0.271. The monoisotopic (exact) mass is 519 g/mol. The molecule has 3 aromatic carbocycles. The maximum atomic E-state index is 14.0. The molecule has 0 spiro atoms. The van der Waals surface area contributed by atoms with Crippen LogP contribution in [0.15, 0.2) is 73.2 Å². The van der Waals surface area contributed by atoms with E-state index in [0.29, 0.717) is 38.4 Å². The van der Waals surface area contributed by atoms with Crippen molar-refractivity contribution in [3.8, 4) is 16.9 Å². The van der Waals surface area contributed by atoms with Crippen molar-refractivity contribution < 1.29 is 18.7 Å². The number of nitrogens with zero attached hydrogens (tertiary/aromatic N) is 3. The van der Waals surface area contributed by atoms with Crippen LogP contribution in [0.1, 0.15) is 23.0 Å². The maximum absolute atomic E-state index is 14.0. The van der Waals surface area contributed by atoms with E-state index in [1.54, 1.807) is 36.5 Å². The van der Waals surface area contributed by atoms with Gasteiger partial charge >= 0.3 is 0 Å². The summed E-state index contributed by atoms with van der Waals surface area (Å²) in [5.74, 6) is -1.78. The van der Waals surface area contributed by atoms with E-state index in [2.05, 4.69) is 25.5 Å². The normalized spacial score (nSPS) is 12.0. The first-order valence-electron chi connectivity index (χ1n) is 11.3. The Labute approximate surface area is 215 Å². The molecule has 1 atom stereocenters. The molecule has 5 aromatic rings. The number of hydrogen-bond acceptors (Lipinski definition) is 5. The van der Waals surface area contributed by atoms with Crippen molar-refractivity contribution in [1.82, 2.24) is 25.5 Å². The van der Waals surface area contributed by atoms with Gasteiger partial charge in [-0.25, -0.2) is 18.7 Å². The van der Waals surface area contributed by atoms with Gasteiger partial charge in [0.1, 0.15) is 23.7 Å². The van der Waals surface area contributed by atoms with Crippen LogP contribution in [0.3, 0.4) is 0 Å². The number of aromatic nitrogens is 4. The lowest BCUT2D eigenvalue weighted by atomic mass is 9.96. The van der Waals surface area contributed by atoms with Crippen molar-refractivity contribution >= 4 is 28.4 Å². The number of phenols is 1. The second-order valence-electron chi connectivity index (χ2n) is 8.51. The lowest BCUT2D eigenvalue weighted by molar-refractivity contribution is -0.121. The average molecular weight is 520 g/mol. The number of phenolic OH excluding ortho intramolecular Hbond substituents is 1. The molecule has 0 radical (unpaired) electrons. The number of rotatable bonds is 7. The second kappa shape index (κ2) is 10.3. The van der Waals surface area contributed by atoms with E-state index in [4.69, 9.17) is 11.6 Å². The predicted molar refractivity (Wildman–Crippen MR) is 135 cm³/mol. The molecule has 3 N–H and O–H groups in total. The molecule has 0 aliphatic carbocycles. The summed E-state index contributed by atoms with van der Waals surface area (Å²) in [5, 5.41) is 21.0. The van der Waals surface area contributed by atoms with E-state index >= 15 is 0 Å². The molecule has 7 nitrogen and oxygen atoms in total. The molecule has 37 heavy (non-hydrogen) atoms. The van der Waals surface area contributed by atoms with Gasteiger partial charge in [0, 0.05) is 28.2 Å². The van der Waals surface area contributed by atoms with Crippen molar-refractivity contribution in [2.45, 2.75) is 18.9 Å². The van der Waals surface area contributed by atoms with Gasteiger partial charge in [0.15, 0.2) is 0 Å². The first kappa shape index (κ1) is 24.3. The van der Waals surface area contributed by atoms with Crippen LogP contribution in [0.25, 0.3) is 22.0 Å². The van der Waals surface area contributed by atoms with E-state index in [-0.39, 0.29) is 24.5 Å². The third kappa shape index (κ3) is 5.57. The number of benzene rings is 3. The lowest BCUT2D eigenvalue weighted by Gasteiger charge is -2.21. The van der Waals surface area contributed by atoms with Crippen LogP contribution in [0, 0.1) is 11.6 Å². The molecule has 1 amide bonds. The number of carbonyl (C=O) groups is 1. The van der Waals surface area contributed by atoms with E-state index in [1.807, 2.05) is 0 Å². The van der Waals surface area contributed by atoms with Gasteiger partial charge in [-0.3, -0.25) is 9.89 Å². The fourth-order valence-electron chi connectivity index (χ4n) is 4.24. The summed E-state index contributed by atoms with van der Waals surface area (Å²) in [7, 11) is 0. The fraction of sp³-hybridized carbons (Fsp3) is 0.111. The van der Waals surface area contributed by atoms with Crippen LogP contribution >= 0.6 is 11.6 Å². The molecule has 0 saturated carbocycles. The molecule has 0 unspecified atom stereocenters. The van der Waals surface area contributed by atoms with E-state index < -0.39 is 17.7 Å². The summed E-state index contributed by atoms with van der Waals surface area (Å²) >= 11 is 6.04. The molecule has 0 fully saturated rings. The Balaban J connectivity index is 1.49. The molecule has 0 saturated heterocycles. The molecule has 2 aromatic heterocycles. The summed E-state index contributed by atoms with van der Waals surface area (Å²) < 4.78 is 27.9. The van der Waals surface area contributed by atoms with Crippen molar-refractivity contribution in [3.63, 3.8) is 0 Å². The average Bonchev–Trinajstić information content (AvgIpc) is 3.25. The summed E-state index contributed by atoms with van der Waals surface area (Å²) in [6, 6.07) is 14.2. The molecule has 10 heteroatoms. The smallest absolute Gasteiger partial charge is 0.226 e. The Hall–Kier alpha value is -4.37.